The highest BCUT2D eigenvalue weighted by atomic mass is 16.1. The number of fused-ring (bicyclic) bond motifs is 2. The quantitative estimate of drug-likeness (QED) is 0.924. The zero-order chi connectivity index (χ0) is 16.3. The van der Waals surface area contributed by atoms with Crippen molar-refractivity contribution in [3.63, 3.8) is 0 Å². The molecule has 2 aliphatic heterocycles. The fourth-order valence-corrected chi connectivity index (χ4v) is 3.98. The molecule has 3 aliphatic rings. The molecule has 1 fully saturated rings. The number of benzene rings is 1. The molecule has 5 heteroatoms. The Labute approximate surface area is 141 Å². The van der Waals surface area contributed by atoms with Crippen molar-refractivity contribution < 1.29 is 4.79 Å². The van der Waals surface area contributed by atoms with Crippen molar-refractivity contribution in [3.8, 4) is 11.3 Å². The second-order valence-corrected chi connectivity index (χ2v) is 7.08. The molecule has 122 valence electrons. The predicted octanol–water partition coefficient (Wildman–Crippen LogP) is 2.73. The van der Waals surface area contributed by atoms with E-state index < -0.39 is 0 Å². The Balaban J connectivity index is 1.63. The van der Waals surface area contributed by atoms with Crippen molar-refractivity contribution in [2.24, 2.45) is 0 Å². The van der Waals surface area contributed by atoms with E-state index in [1.54, 1.807) is 0 Å². The number of carbonyl (C=O) groups excluding carboxylic acids is 1. The van der Waals surface area contributed by atoms with Crippen LogP contribution in [0, 0.1) is 0 Å². The molecule has 1 aliphatic carbocycles. The lowest BCUT2D eigenvalue weighted by atomic mass is 10.0. The Morgan fingerprint density at radius 3 is 2.96 bits per heavy atom. The maximum atomic E-state index is 11.6. The van der Waals surface area contributed by atoms with E-state index in [0.29, 0.717) is 12.5 Å². The third-order valence-corrected chi connectivity index (χ3v) is 5.50. The van der Waals surface area contributed by atoms with Crippen molar-refractivity contribution in [1.82, 2.24) is 9.97 Å². The zero-order valence-electron chi connectivity index (χ0n) is 13.8. The molecule has 5 nitrogen and oxygen atoms in total. The lowest BCUT2D eigenvalue weighted by molar-refractivity contribution is -0.115. The summed E-state index contributed by atoms with van der Waals surface area (Å²) in [5, 5.41) is 2.90. The second kappa shape index (κ2) is 5.03. The molecule has 5 rings (SSSR count). The smallest absolute Gasteiger partial charge is 0.228 e. The van der Waals surface area contributed by atoms with Crippen molar-refractivity contribution in [3.05, 3.63) is 35.0 Å². The Kier molecular flexibility index (Phi) is 2.93. The number of aryl methyl sites for hydroxylation is 1. The molecule has 1 aromatic heterocycles. The van der Waals surface area contributed by atoms with E-state index in [4.69, 9.17) is 9.97 Å². The molecule has 2 aromatic rings. The molecule has 1 saturated heterocycles. The number of hydrogen-bond acceptors (Lipinski definition) is 4. The molecule has 0 spiro atoms. The van der Waals surface area contributed by atoms with Crippen LogP contribution in [0.4, 0.5) is 11.6 Å². The van der Waals surface area contributed by atoms with Crippen LogP contribution in [0.3, 0.4) is 0 Å². The summed E-state index contributed by atoms with van der Waals surface area (Å²) < 4.78 is 0. The Bertz CT molecular complexity index is 861. The second-order valence-electron chi connectivity index (χ2n) is 7.08. The highest BCUT2D eigenvalue weighted by Crippen LogP contribution is 2.36. The number of rotatable bonds is 2. The number of hydrogen-bond donors (Lipinski definition) is 1. The van der Waals surface area contributed by atoms with Gasteiger partial charge in [0, 0.05) is 35.1 Å². The molecule has 1 amide bonds. The first-order valence-electron chi connectivity index (χ1n) is 8.78. The van der Waals surface area contributed by atoms with Gasteiger partial charge < -0.3 is 10.2 Å². The van der Waals surface area contributed by atoms with Crippen molar-refractivity contribution in [2.75, 3.05) is 16.8 Å². The van der Waals surface area contributed by atoms with Crippen LogP contribution >= 0.6 is 0 Å². The van der Waals surface area contributed by atoms with Crippen LogP contribution in [-0.4, -0.2) is 28.5 Å². The summed E-state index contributed by atoms with van der Waals surface area (Å²) in [4.78, 5) is 23.7. The average Bonchev–Trinajstić information content (AvgIpc) is 3.16. The molecular formula is C19H20N4O. The minimum Gasteiger partial charge on any atom is -0.338 e. The number of nitrogens with zero attached hydrogens (tertiary/aromatic N) is 3. The standard InChI is InChI=1S/C19H20N4O/c1-11-7-8-23(11)19-21-16-4-2-3-14(16)18(22-19)12-5-6-15-13(9-12)10-17(24)20-15/h5-6,9,11H,2-4,7-8,10H2,1H3,(H,20,24)/t11-/m0/s1. The molecule has 0 radical (unpaired) electrons. The highest BCUT2D eigenvalue weighted by molar-refractivity contribution is 5.99. The number of anilines is 2. The summed E-state index contributed by atoms with van der Waals surface area (Å²) in [5.41, 5.74) is 6.69. The summed E-state index contributed by atoms with van der Waals surface area (Å²) in [6, 6.07) is 6.73. The van der Waals surface area contributed by atoms with Gasteiger partial charge in [-0.25, -0.2) is 9.97 Å². The van der Waals surface area contributed by atoms with Gasteiger partial charge in [0.15, 0.2) is 0 Å². The van der Waals surface area contributed by atoms with Gasteiger partial charge in [0.2, 0.25) is 11.9 Å². The SMILES string of the molecule is C[C@H]1CCN1c1nc2c(c(-c3ccc4c(c3)CC(=O)N4)n1)CCC2. The lowest BCUT2D eigenvalue weighted by Crippen LogP contribution is -2.46. The van der Waals surface area contributed by atoms with Gasteiger partial charge >= 0.3 is 0 Å². The van der Waals surface area contributed by atoms with Crippen LogP contribution < -0.4 is 10.2 Å². The third-order valence-electron chi connectivity index (χ3n) is 5.50. The Hall–Kier alpha value is -2.43. The van der Waals surface area contributed by atoms with Gasteiger partial charge in [-0.1, -0.05) is 6.07 Å². The molecule has 24 heavy (non-hydrogen) atoms. The number of amides is 1. The number of carbonyl (C=O) groups is 1. The van der Waals surface area contributed by atoms with E-state index in [0.717, 1.165) is 54.3 Å². The van der Waals surface area contributed by atoms with Gasteiger partial charge in [-0.15, -0.1) is 0 Å². The fourth-order valence-electron chi connectivity index (χ4n) is 3.98. The minimum absolute atomic E-state index is 0.0742. The van der Waals surface area contributed by atoms with Crippen LogP contribution in [0.15, 0.2) is 18.2 Å². The van der Waals surface area contributed by atoms with E-state index in [2.05, 4.69) is 29.3 Å². The lowest BCUT2D eigenvalue weighted by Gasteiger charge is -2.39. The minimum atomic E-state index is 0.0742. The summed E-state index contributed by atoms with van der Waals surface area (Å²) in [7, 11) is 0. The van der Waals surface area contributed by atoms with E-state index in [1.165, 1.54) is 17.7 Å². The van der Waals surface area contributed by atoms with E-state index >= 15 is 0 Å². The van der Waals surface area contributed by atoms with Crippen molar-refractivity contribution >= 4 is 17.5 Å². The Morgan fingerprint density at radius 1 is 1.25 bits per heavy atom. The van der Waals surface area contributed by atoms with Gasteiger partial charge in [0.05, 0.1) is 12.1 Å². The van der Waals surface area contributed by atoms with Gasteiger partial charge in [-0.05, 0) is 50.3 Å². The van der Waals surface area contributed by atoms with E-state index in [-0.39, 0.29) is 5.91 Å². The van der Waals surface area contributed by atoms with Crippen molar-refractivity contribution in [2.45, 2.75) is 45.1 Å². The molecule has 1 N–H and O–H groups in total. The van der Waals surface area contributed by atoms with Crippen LogP contribution in [0.1, 0.15) is 36.6 Å². The van der Waals surface area contributed by atoms with E-state index in [1.807, 2.05) is 6.07 Å². The molecule has 0 saturated carbocycles. The molecule has 0 unspecified atom stereocenters. The predicted molar refractivity (Wildman–Crippen MR) is 93.3 cm³/mol. The molecule has 0 bridgehead atoms. The fraction of sp³-hybridized carbons (Fsp3) is 0.421. The summed E-state index contributed by atoms with van der Waals surface area (Å²) >= 11 is 0. The van der Waals surface area contributed by atoms with Gasteiger partial charge in [0.1, 0.15) is 0 Å². The number of aromatic nitrogens is 2. The average molecular weight is 320 g/mol. The topological polar surface area (TPSA) is 58.1 Å². The van der Waals surface area contributed by atoms with E-state index in [9.17, 15) is 4.79 Å². The molecule has 1 atom stereocenters. The van der Waals surface area contributed by atoms with Crippen molar-refractivity contribution in [1.29, 1.82) is 0 Å². The molecule has 1 aromatic carbocycles. The van der Waals surface area contributed by atoms with Crippen LogP contribution in [0.5, 0.6) is 0 Å². The highest BCUT2D eigenvalue weighted by Gasteiger charge is 2.29. The first kappa shape index (κ1) is 14.0. The Morgan fingerprint density at radius 2 is 2.17 bits per heavy atom. The molecule has 3 heterocycles. The molecular weight excluding hydrogens is 300 g/mol. The first-order valence-corrected chi connectivity index (χ1v) is 8.78. The normalized spacial score (nSPS) is 21.3. The third kappa shape index (κ3) is 2.04. The largest absolute Gasteiger partial charge is 0.338 e. The summed E-state index contributed by atoms with van der Waals surface area (Å²) in [6.07, 6.45) is 4.93. The van der Waals surface area contributed by atoms with Crippen LogP contribution in [0.2, 0.25) is 0 Å². The maximum Gasteiger partial charge on any atom is 0.228 e. The van der Waals surface area contributed by atoms with Gasteiger partial charge in [0.25, 0.3) is 0 Å². The van der Waals surface area contributed by atoms with Gasteiger partial charge in [-0.2, -0.15) is 0 Å². The monoisotopic (exact) mass is 320 g/mol. The van der Waals surface area contributed by atoms with Crippen LogP contribution in [0.25, 0.3) is 11.3 Å². The number of nitrogens with one attached hydrogen (secondary N) is 1. The first-order chi connectivity index (χ1) is 11.7. The van der Waals surface area contributed by atoms with Crippen LogP contribution in [-0.2, 0) is 24.1 Å². The summed E-state index contributed by atoms with van der Waals surface area (Å²) in [5.74, 6) is 0.948. The maximum absolute atomic E-state index is 11.6. The zero-order valence-corrected chi connectivity index (χ0v) is 13.8. The summed E-state index contributed by atoms with van der Waals surface area (Å²) in [6.45, 7) is 3.27. The van der Waals surface area contributed by atoms with Gasteiger partial charge in [-0.3, -0.25) is 4.79 Å².